The molecule has 3 N–H and O–H groups in total. The first kappa shape index (κ1) is 19.4. The van der Waals surface area contributed by atoms with Crippen LogP contribution >= 0.6 is 0 Å². The quantitative estimate of drug-likeness (QED) is 0.469. The molecule has 0 saturated carbocycles. The van der Waals surface area contributed by atoms with Crippen molar-refractivity contribution < 1.29 is 0 Å². The number of hydrogen-bond donors (Lipinski definition) is 2. The third-order valence-corrected chi connectivity index (χ3v) is 4.71. The maximum Gasteiger partial charge on any atom is 0.163 e. The number of anilines is 5. The smallest absolute Gasteiger partial charge is 0.163 e. The van der Waals surface area contributed by atoms with Crippen molar-refractivity contribution in [3.8, 4) is 0 Å². The Morgan fingerprint density at radius 3 is 2.30 bits per heavy atom. The first-order valence-corrected chi connectivity index (χ1v) is 9.78. The highest BCUT2D eigenvalue weighted by molar-refractivity contribution is 5.81. The molecule has 0 spiro atoms. The van der Waals surface area contributed by atoms with Crippen molar-refractivity contribution in [2.24, 2.45) is 0 Å². The summed E-state index contributed by atoms with van der Waals surface area (Å²) in [6.07, 6.45) is 3.29. The van der Waals surface area contributed by atoms with E-state index in [0.717, 1.165) is 17.1 Å². The van der Waals surface area contributed by atoms with Gasteiger partial charge in [-0.05, 0) is 54.8 Å². The topological polar surface area (TPSA) is 80.0 Å². The summed E-state index contributed by atoms with van der Waals surface area (Å²) in [5, 5.41) is 3.34. The molecule has 0 saturated heterocycles. The normalized spacial score (nSPS) is 10.6. The maximum absolute atomic E-state index is 6.54. The zero-order valence-corrected chi connectivity index (χ0v) is 17.1. The highest BCUT2D eigenvalue weighted by Gasteiger charge is 2.18. The molecule has 0 atom stereocenters. The zero-order valence-electron chi connectivity index (χ0n) is 17.1. The number of hydrogen-bond acceptors (Lipinski definition) is 6. The molecule has 0 unspecified atom stereocenters. The molecule has 4 rings (SSSR count). The number of benzene rings is 2. The molecular weight excluding hydrogens is 372 g/mol. The minimum absolute atomic E-state index is 0.471. The van der Waals surface area contributed by atoms with Crippen LogP contribution in [0.5, 0.6) is 0 Å². The monoisotopic (exact) mass is 396 g/mol. The van der Waals surface area contributed by atoms with Gasteiger partial charge in [-0.15, -0.1) is 0 Å². The molecule has 0 amide bonds. The summed E-state index contributed by atoms with van der Waals surface area (Å²) >= 11 is 0. The van der Waals surface area contributed by atoms with Crippen molar-refractivity contribution in [1.29, 1.82) is 0 Å². The van der Waals surface area contributed by atoms with E-state index in [1.165, 1.54) is 17.5 Å². The standard InChI is InChI=1S/C24H24N6/c1-17-12-18(2)14-20(13-17)29-23-22(25)24(28-16-27-23)30(21-10-6-7-11-26-21)15-19-8-4-3-5-9-19/h3-14,16H,15,25H2,1-2H3,(H,27,28,29). The lowest BCUT2D eigenvalue weighted by Gasteiger charge is -2.25. The van der Waals surface area contributed by atoms with Crippen molar-refractivity contribution >= 4 is 28.8 Å². The van der Waals surface area contributed by atoms with E-state index in [1.807, 2.05) is 41.3 Å². The van der Waals surface area contributed by atoms with Gasteiger partial charge in [0.1, 0.15) is 17.8 Å². The summed E-state index contributed by atoms with van der Waals surface area (Å²) in [7, 11) is 0. The molecule has 0 aliphatic rings. The van der Waals surface area contributed by atoms with E-state index in [0.29, 0.717) is 23.9 Å². The highest BCUT2D eigenvalue weighted by Crippen LogP contribution is 2.33. The molecule has 6 heteroatoms. The second kappa shape index (κ2) is 8.61. The van der Waals surface area contributed by atoms with Crippen molar-refractivity contribution in [3.63, 3.8) is 0 Å². The van der Waals surface area contributed by atoms with Gasteiger partial charge in [0.2, 0.25) is 0 Å². The van der Waals surface area contributed by atoms with Crippen LogP contribution in [0.1, 0.15) is 16.7 Å². The lowest BCUT2D eigenvalue weighted by molar-refractivity contribution is 0.918. The first-order valence-electron chi connectivity index (χ1n) is 9.78. The molecular formula is C24H24N6. The van der Waals surface area contributed by atoms with Gasteiger partial charge in [-0.25, -0.2) is 15.0 Å². The highest BCUT2D eigenvalue weighted by atomic mass is 15.3. The number of rotatable bonds is 6. The molecule has 0 fully saturated rings. The predicted octanol–water partition coefficient (Wildman–Crippen LogP) is 5.15. The fourth-order valence-electron chi connectivity index (χ4n) is 3.43. The molecule has 0 bridgehead atoms. The van der Waals surface area contributed by atoms with Crippen molar-refractivity contribution in [3.05, 3.63) is 95.9 Å². The van der Waals surface area contributed by atoms with Crippen LogP contribution in [-0.2, 0) is 6.54 Å². The van der Waals surface area contributed by atoms with E-state index in [1.54, 1.807) is 6.20 Å². The van der Waals surface area contributed by atoms with E-state index >= 15 is 0 Å². The van der Waals surface area contributed by atoms with Crippen molar-refractivity contribution in [2.75, 3.05) is 16.0 Å². The molecule has 30 heavy (non-hydrogen) atoms. The van der Waals surface area contributed by atoms with Crippen LogP contribution in [0.3, 0.4) is 0 Å². The van der Waals surface area contributed by atoms with Gasteiger partial charge in [0, 0.05) is 11.9 Å². The molecule has 0 radical (unpaired) electrons. The first-order chi connectivity index (χ1) is 14.6. The maximum atomic E-state index is 6.54. The van der Waals surface area contributed by atoms with Gasteiger partial charge in [-0.3, -0.25) is 0 Å². The largest absolute Gasteiger partial charge is 0.393 e. The second-order valence-corrected chi connectivity index (χ2v) is 7.22. The molecule has 150 valence electrons. The number of aryl methyl sites for hydroxylation is 2. The third-order valence-electron chi connectivity index (χ3n) is 4.71. The molecule has 2 aromatic carbocycles. The van der Waals surface area contributed by atoms with Gasteiger partial charge in [0.15, 0.2) is 11.6 Å². The molecule has 2 heterocycles. The summed E-state index contributed by atoms with van der Waals surface area (Å²) in [6, 6.07) is 22.2. The van der Waals surface area contributed by atoms with Crippen LogP contribution in [0, 0.1) is 13.8 Å². The fraction of sp³-hybridized carbons (Fsp3) is 0.125. The summed E-state index contributed by atoms with van der Waals surface area (Å²) in [4.78, 5) is 15.4. The Labute approximate surface area is 176 Å². The van der Waals surface area contributed by atoms with E-state index in [4.69, 9.17) is 5.73 Å². The molecule has 0 aliphatic carbocycles. The third kappa shape index (κ3) is 4.38. The Hall–Kier alpha value is -3.93. The number of nitrogen functional groups attached to an aromatic ring is 1. The van der Waals surface area contributed by atoms with E-state index < -0.39 is 0 Å². The van der Waals surface area contributed by atoms with E-state index in [-0.39, 0.29) is 0 Å². The second-order valence-electron chi connectivity index (χ2n) is 7.22. The van der Waals surface area contributed by atoms with Gasteiger partial charge >= 0.3 is 0 Å². The van der Waals surface area contributed by atoms with Gasteiger partial charge in [0.25, 0.3) is 0 Å². The van der Waals surface area contributed by atoms with Crippen molar-refractivity contribution in [1.82, 2.24) is 15.0 Å². The number of nitrogens with zero attached hydrogens (tertiary/aromatic N) is 4. The summed E-state index contributed by atoms with van der Waals surface area (Å²) < 4.78 is 0. The minimum Gasteiger partial charge on any atom is -0.393 e. The minimum atomic E-state index is 0.471. The molecule has 4 aromatic rings. The molecule has 2 aromatic heterocycles. The number of aromatic nitrogens is 3. The average molecular weight is 396 g/mol. The summed E-state index contributed by atoms with van der Waals surface area (Å²) in [5.41, 5.74) is 11.4. The van der Waals surface area contributed by atoms with Gasteiger partial charge < -0.3 is 16.0 Å². The number of pyridine rings is 1. The van der Waals surface area contributed by atoms with Crippen molar-refractivity contribution in [2.45, 2.75) is 20.4 Å². The number of nitrogens with two attached hydrogens (primary N) is 1. The average Bonchev–Trinajstić information content (AvgIpc) is 2.74. The SMILES string of the molecule is Cc1cc(C)cc(Nc2ncnc(N(Cc3ccccc3)c3ccccn3)c2N)c1. The van der Waals surface area contributed by atoms with E-state index in [9.17, 15) is 0 Å². The Balaban J connectivity index is 1.73. The van der Waals surface area contributed by atoms with Crippen LogP contribution in [0.25, 0.3) is 0 Å². The van der Waals surface area contributed by atoms with Gasteiger partial charge in [-0.2, -0.15) is 0 Å². The number of nitrogens with one attached hydrogen (secondary N) is 1. The van der Waals surface area contributed by atoms with Gasteiger partial charge in [-0.1, -0.05) is 42.5 Å². The fourth-order valence-corrected chi connectivity index (χ4v) is 3.43. The molecule has 0 aliphatic heterocycles. The molecule has 6 nitrogen and oxygen atoms in total. The van der Waals surface area contributed by atoms with Crippen LogP contribution < -0.4 is 16.0 Å². The van der Waals surface area contributed by atoms with Crippen LogP contribution in [0.15, 0.2) is 79.3 Å². The van der Waals surface area contributed by atoms with Crippen LogP contribution in [-0.4, -0.2) is 15.0 Å². The summed E-state index contributed by atoms with van der Waals surface area (Å²) in [6.45, 7) is 4.72. The van der Waals surface area contributed by atoms with E-state index in [2.05, 4.69) is 64.4 Å². The Morgan fingerprint density at radius 1 is 0.867 bits per heavy atom. The lowest BCUT2D eigenvalue weighted by atomic mass is 10.1. The Kier molecular flexibility index (Phi) is 5.57. The predicted molar refractivity (Wildman–Crippen MR) is 122 cm³/mol. The van der Waals surface area contributed by atoms with Crippen LogP contribution in [0.4, 0.5) is 28.8 Å². The van der Waals surface area contributed by atoms with Crippen LogP contribution in [0.2, 0.25) is 0 Å². The van der Waals surface area contributed by atoms with Gasteiger partial charge in [0.05, 0.1) is 6.54 Å². The Bertz CT molecular complexity index is 1110. The lowest BCUT2D eigenvalue weighted by Crippen LogP contribution is -2.21. The summed E-state index contributed by atoms with van der Waals surface area (Å²) in [5.74, 6) is 1.95. The Morgan fingerprint density at radius 2 is 1.60 bits per heavy atom. The zero-order chi connectivity index (χ0) is 20.9.